The number of para-hydroxylation sites is 1. The molecular weight excluding hydrogens is 352 g/mol. The molecule has 2 aliphatic rings. The number of piperidine rings is 1. The summed E-state index contributed by atoms with van der Waals surface area (Å²) in [5, 5.41) is 3.11. The first-order valence-electron chi connectivity index (χ1n) is 10.9. The second-order valence-corrected chi connectivity index (χ2v) is 8.35. The van der Waals surface area contributed by atoms with Crippen molar-refractivity contribution in [1.29, 1.82) is 0 Å². The van der Waals surface area contributed by atoms with Crippen LogP contribution >= 0.6 is 0 Å². The summed E-state index contributed by atoms with van der Waals surface area (Å²) in [6.45, 7) is 4.24. The molecule has 1 heterocycles. The maximum atomic E-state index is 12.7. The van der Waals surface area contributed by atoms with Crippen LogP contribution in [0.15, 0.2) is 18.2 Å². The minimum atomic E-state index is -0.0888. The summed E-state index contributed by atoms with van der Waals surface area (Å²) in [6, 6.07) is 5.41. The number of nitrogens with one attached hydrogen (secondary N) is 1. The summed E-state index contributed by atoms with van der Waals surface area (Å²) in [7, 11) is 3.15. The highest BCUT2D eigenvalue weighted by atomic mass is 16.5. The van der Waals surface area contributed by atoms with Gasteiger partial charge in [-0.1, -0.05) is 31.7 Å². The summed E-state index contributed by atoms with van der Waals surface area (Å²) in [5.74, 6) is 2.51. The lowest BCUT2D eigenvalue weighted by Gasteiger charge is -2.33. The van der Waals surface area contributed by atoms with Gasteiger partial charge in [0, 0.05) is 13.1 Å². The SMILES string of the molecule is COc1cccc(C(=O)NCC2CCCN(CCCC3CCCC3)C2)c1OC. The molecule has 1 unspecified atom stereocenters. The van der Waals surface area contributed by atoms with Gasteiger partial charge in [0.05, 0.1) is 19.8 Å². The Morgan fingerprint density at radius 2 is 1.89 bits per heavy atom. The molecule has 1 atom stereocenters. The van der Waals surface area contributed by atoms with E-state index in [4.69, 9.17) is 9.47 Å². The predicted molar refractivity (Wildman–Crippen MR) is 112 cm³/mol. The molecule has 1 saturated heterocycles. The van der Waals surface area contributed by atoms with Gasteiger partial charge < -0.3 is 19.7 Å². The molecule has 28 heavy (non-hydrogen) atoms. The van der Waals surface area contributed by atoms with Gasteiger partial charge >= 0.3 is 0 Å². The van der Waals surface area contributed by atoms with Gasteiger partial charge in [-0.3, -0.25) is 4.79 Å². The van der Waals surface area contributed by atoms with Crippen molar-refractivity contribution in [1.82, 2.24) is 10.2 Å². The van der Waals surface area contributed by atoms with Crippen LogP contribution in [0.1, 0.15) is 61.7 Å². The standard InChI is InChI=1S/C23H36N2O3/c1-27-21-13-5-12-20(22(21)28-2)23(26)24-16-19-11-7-15-25(17-19)14-6-10-18-8-3-4-9-18/h5,12-13,18-19H,3-4,6-11,14-17H2,1-2H3,(H,24,26). The summed E-state index contributed by atoms with van der Waals surface area (Å²) >= 11 is 0. The van der Waals surface area contributed by atoms with Crippen LogP contribution in [-0.2, 0) is 0 Å². The number of ether oxygens (including phenoxy) is 2. The second kappa shape index (κ2) is 10.7. The summed E-state index contributed by atoms with van der Waals surface area (Å²) in [5.41, 5.74) is 0.533. The van der Waals surface area contributed by atoms with Crippen LogP contribution in [0.2, 0.25) is 0 Å². The largest absolute Gasteiger partial charge is 0.493 e. The molecule has 0 bridgehead atoms. The van der Waals surface area contributed by atoms with Crippen molar-refractivity contribution in [3.8, 4) is 11.5 Å². The van der Waals surface area contributed by atoms with E-state index in [1.165, 1.54) is 64.5 Å². The minimum Gasteiger partial charge on any atom is -0.493 e. The fraction of sp³-hybridized carbons (Fsp3) is 0.696. The molecule has 1 amide bonds. The van der Waals surface area contributed by atoms with Gasteiger partial charge in [-0.2, -0.15) is 0 Å². The Morgan fingerprint density at radius 1 is 1.11 bits per heavy atom. The molecule has 5 nitrogen and oxygen atoms in total. The Kier molecular flexibility index (Phi) is 8.01. The molecule has 1 aromatic carbocycles. The molecular formula is C23H36N2O3. The van der Waals surface area contributed by atoms with Crippen LogP contribution in [0.4, 0.5) is 0 Å². The van der Waals surface area contributed by atoms with Gasteiger partial charge in [0.2, 0.25) is 0 Å². The number of amides is 1. The van der Waals surface area contributed by atoms with Gasteiger partial charge in [-0.25, -0.2) is 0 Å². The molecule has 2 fully saturated rings. The minimum absolute atomic E-state index is 0.0888. The van der Waals surface area contributed by atoms with E-state index in [1.807, 2.05) is 6.07 Å². The Balaban J connectivity index is 1.44. The van der Waals surface area contributed by atoms with Crippen molar-refractivity contribution in [2.45, 2.75) is 51.4 Å². The number of methoxy groups -OCH3 is 2. The molecule has 5 heteroatoms. The van der Waals surface area contributed by atoms with E-state index in [0.717, 1.165) is 19.0 Å². The van der Waals surface area contributed by atoms with E-state index in [1.54, 1.807) is 26.4 Å². The predicted octanol–water partition coefficient (Wildman–Crippen LogP) is 4.12. The van der Waals surface area contributed by atoms with Crippen molar-refractivity contribution in [2.75, 3.05) is 40.4 Å². The lowest BCUT2D eigenvalue weighted by atomic mass is 9.96. The molecule has 0 aromatic heterocycles. The third-order valence-electron chi connectivity index (χ3n) is 6.36. The van der Waals surface area contributed by atoms with E-state index in [-0.39, 0.29) is 5.91 Å². The summed E-state index contributed by atoms with van der Waals surface area (Å²) < 4.78 is 10.7. The highest BCUT2D eigenvalue weighted by Crippen LogP contribution is 2.31. The summed E-state index contributed by atoms with van der Waals surface area (Å²) in [4.78, 5) is 15.3. The topological polar surface area (TPSA) is 50.8 Å². The van der Waals surface area contributed by atoms with E-state index < -0.39 is 0 Å². The lowest BCUT2D eigenvalue weighted by molar-refractivity contribution is 0.0928. The normalized spacial score (nSPS) is 20.9. The average molecular weight is 389 g/mol. The number of hydrogen-bond donors (Lipinski definition) is 1. The second-order valence-electron chi connectivity index (χ2n) is 8.35. The quantitative estimate of drug-likeness (QED) is 0.691. The first-order chi connectivity index (χ1) is 13.7. The third-order valence-corrected chi connectivity index (χ3v) is 6.36. The Hall–Kier alpha value is -1.75. The Bertz CT molecular complexity index is 628. The number of hydrogen-bond acceptors (Lipinski definition) is 4. The Morgan fingerprint density at radius 3 is 2.64 bits per heavy atom. The zero-order valence-corrected chi connectivity index (χ0v) is 17.5. The average Bonchev–Trinajstić information content (AvgIpc) is 3.25. The molecule has 1 aromatic rings. The molecule has 1 aliphatic carbocycles. The molecule has 0 spiro atoms. The highest BCUT2D eigenvalue weighted by Gasteiger charge is 2.22. The van der Waals surface area contributed by atoms with E-state index in [2.05, 4.69) is 10.2 Å². The fourth-order valence-electron chi connectivity index (χ4n) is 4.82. The number of carbonyl (C=O) groups excluding carboxylic acids is 1. The van der Waals surface area contributed by atoms with Crippen LogP contribution in [-0.4, -0.2) is 51.2 Å². The highest BCUT2D eigenvalue weighted by molar-refractivity contribution is 5.97. The van der Waals surface area contributed by atoms with Crippen LogP contribution in [0.3, 0.4) is 0 Å². The fourth-order valence-corrected chi connectivity index (χ4v) is 4.82. The van der Waals surface area contributed by atoms with Crippen LogP contribution < -0.4 is 14.8 Å². The van der Waals surface area contributed by atoms with E-state index in [0.29, 0.717) is 23.0 Å². The third kappa shape index (κ3) is 5.63. The van der Waals surface area contributed by atoms with Crippen LogP contribution in [0, 0.1) is 11.8 Å². The zero-order chi connectivity index (χ0) is 19.8. The van der Waals surface area contributed by atoms with Gasteiger partial charge in [0.25, 0.3) is 5.91 Å². The zero-order valence-electron chi connectivity index (χ0n) is 17.5. The number of likely N-dealkylation sites (tertiary alicyclic amines) is 1. The van der Waals surface area contributed by atoms with Gasteiger partial charge in [-0.15, -0.1) is 0 Å². The number of rotatable bonds is 9. The number of carbonyl (C=O) groups is 1. The van der Waals surface area contributed by atoms with Crippen molar-refractivity contribution >= 4 is 5.91 Å². The first-order valence-corrected chi connectivity index (χ1v) is 10.9. The first kappa shape index (κ1) is 21.0. The van der Waals surface area contributed by atoms with E-state index in [9.17, 15) is 4.79 Å². The molecule has 0 radical (unpaired) electrons. The monoisotopic (exact) mass is 388 g/mol. The maximum absolute atomic E-state index is 12.7. The van der Waals surface area contributed by atoms with Gasteiger partial charge in [0.1, 0.15) is 0 Å². The van der Waals surface area contributed by atoms with E-state index >= 15 is 0 Å². The molecule has 1 N–H and O–H groups in total. The molecule has 3 rings (SSSR count). The van der Waals surface area contributed by atoms with Crippen molar-refractivity contribution in [3.63, 3.8) is 0 Å². The van der Waals surface area contributed by atoms with Crippen LogP contribution in [0.25, 0.3) is 0 Å². The van der Waals surface area contributed by atoms with Crippen molar-refractivity contribution in [3.05, 3.63) is 23.8 Å². The summed E-state index contributed by atoms with van der Waals surface area (Å²) in [6.07, 6.45) is 10.9. The maximum Gasteiger partial charge on any atom is 0.255 e. The lowest BCUT2D eigenvalue weighted by Crippen LogP contribution is -2.41. The van der Waals surface area contributed by atoms with Crippen LogP contribution in [0.5, 0.6) is 11.5 Å². The van der Waals surface area contributed by atoms with Crippen molar-refractivity contribution < 1.29 is 14.3 Å². The van der Waals surface area contributed by atoms with Gasteiger partial charge in [-0.05, 0) is 62.7 Å². The number of nitrogens with zero attached hydrogens (tertiary/aromatic N) is 1. The number of benzene rings is 1. The smallest absolute Gasteiger partial charge is 0.255 e. The molecule has 156 valence electrons. The molecule has 1 aliphatic heterocycles. The van der Waals surface area contributed by atoms with Gasteiger partial charge in [0.15, 0.2) is 11.5 Å². The Labute approximate surface area is 169 Å². The molecule has 1 saturated carbocycles. The van der Waals surface area contributed by atoms with Crippen molar-refractivity contribution in [2.24, 2.45) is 11.8 Å².